The summed E-state index contributed by atoms with van der Waals surface area (Å²) in [5.41, 5.74) is 0. The second-order valence-corrected chi connectivity index (χ2v) is 7.20. The number of hydrogen-bond donors (Lipinski definition) is 1. The Morgan fingerprint density at radius 1 is 1.47 bits per heavy atom. The molecule has 1 amide bonds. The molecule has 0 bridgehead atoms. The molecule has 0 aliphatic carbocycles. The zero-order valence-corrected chi connectivity index (χ0v) is 11.6. The van der Waals surface area contributed by atoms with Gasteiger partial charge in [-0.2, -0.15) is 0 Å². The minimum absolute atomic E-state index is 0.000787. The van der Waals surface area contributed by atoms with E-state index in [1.165, 1.54) is 11.2 Å². The molecule has 1 saturated heterocycles. The lowest BCUT2D eigenvalue weighted by atomic mass is 9.92. The summed E-state index contributed by atoms with van der Waals surface area (Å²) in [6, 6.07) is -0.159. The standard InChI is InChI=1S/C11H22N2O3S/c1-9-5-4-6-12-10(9)11(14)13(2)7-8-17(3,15)16/h9-10,12H,4-8H2,1-3H3. The molecule has 1 N–H and O–H groups in total. The first-order chi connectivity index (χ1) is 7.81. The number of carbonyl (C=O) groups excluding carboxylic acids is 1. The molecular formula is C11H22N2O3S. The molecule has 1 aliphatic rings. The number of carbonyl (C=O) groups is 1. The third-order valence-electron chi connectivity index (χ3n) is 3.21. The van der Waals surface area contributed by atoms with E-state index in [0.29, 0.717) is 5.92 Å². The van der Waals surface area contributed by atoms with Gasteiger partial charge in [0.2, 0.25) is 5.91 Å². The fourth-order valence-electron chi connectivity index (χ4n) is 2.03. The topological polar surface area (TPSA) is 66.5 Å². The molecule has 0 aromatic rings. The van der Waals surface area contributed by atoms with E-state index < -0.39 is 9.84 Å². The summed E-state index contributed by atoms with van der Waals surface area (Å²) >= 11 is 0. The van der Waals surface area contributed by atoms with Crippen LogP contribution >= 0.6 is 0 Å². The van der Waals surface area contributed by atoms with Crippen molar-refractivity contribution in [1.29, 1.82) is 0 Å². The van der Waals surface area contributed by atoms with Crippen molar-refractivity contribution >= 4 is 15.7 Å². The van der Waals surface area contributed by atoms with Crippen molar-refractivity contribution in [2.45, 2.75) is 25.8 Å². The van der Waals surface area contributed by atoms with E-state index in [9.17, 15) is 13.2 Å². The third kappa shape index (κ3) is 4.63. The van der Waals surface area contributed by atoms with Gasteiger partial charge >= 0.3 is 0 Å². The number of nitrogens with zero attached hydrogens (tertiary/aromatic N) is 1. The van der Waals surface area contributed by atoms with Crippen LogP contribution in [0.4, 0.5) is 0 Å². The Morgan fingerprint density at radius 2 is 2.12 bits per heavy atom. The number of amides is 1. The van der Waals surface area contributed by atoms with Gasteiger partial charge < -0.3 is 10.2 Å². The summed E-state index contributed by atoms with van der Waals surface area (Å²) in [4.78, 5) is 13.6. The van der Waals surface area contributed by atoms with Crippen LogP contribution in [-0.4, -0.2) is 57.4 Å². The highest BCUT2D eigenvalue weighted by Crippen LogP contribution is 2.16. The Morgan fingerprint density at radius 3 is 2.65 bits per heavy atom. The van der Waals surface area contributed by atoms with Crippen LogP contribution in [0, 0.1) is 5.92 Å². The van der Waals surface area contributed by atoms with Crippen LogP contribution in [0.25, 0.3) is 0 Å². The van der Waals surface area contributed by atoms with E-state index in [2.05, 4.69) is 12.2 Å². The average molecular weight is 262 g/mol. The van der Waals surface area contributed by atoms with Gasteiger partial charge in [0.15, 0.2) is 0 Å². The van der Waals surface area contributed by atoms with Gasteiger partial charge in [-0.05, 0) is 25.3 Å². The maximum atomic E-state index is 12.1. The second-order valence-electron chi connectivity index (χ2n) is 4.94. The van der Waals surface area contributed by atoms with Gasteiger partial charge in [-0.1, -0.05) is 6.92 Å². The molecule has 0 aromatic heterocycles. The maximum Gasteiger partial charge on any atom is 0.239 e. The number of likely N-dealkylation sites (N-methyl/N-ethyl adjacent to an activating group) is 1. The van der Waals surface area contributed by atoms with E-state index in [0.717, 1.165) is 19.4 Å². The molecule has 5 nitrogen and oxygen atoms in total. The quantitative estimate of drug-likeness (QED) is 0.767. The van der Waals surface area contributed by atoms with Crippen LogP contribution in [0.15, 0.2) is 0 Å². The number of hydrogen-bond acceptors (Lipinski definition) is 4. The second kappa shape index (κ2) is 5.82. The van der Waals surface area contributed by atoms with Crippen molar-refractivity contribution in [1.82, 2.24) is 10.2 Å². The van der Waals surface area contributed by atoms with Crippen LogP contribution in [0.5, 0.6) is 0 Å². The zero-order valence-electron chi connectivity index (χ0n) is 10.8. The average Bonchev–Trinajstić information content (AvgIpc) is 2.24. The first-order valence-electron chi connectivity index (χ1n) is 5.97. The summed E-state index contributed by atoms with van der Waals surface area (Å²) in [5, 5.41) is 3.21. The van der Waals surface area contributed by atoms with Gasteiger partial charge in [-0.15, -0.1) is 0 Å². The van der Waals surface area contributed by atoms with E-state index >= 15 is 0 Å². The lowest BCUT2D eigenvalue weighted by molar-refractivity contribution is -0.133. The van der Waals surface area contributed by atoms with Crippen molar-refractivity contribution in [2.75, 3.05) is 32.1 Å². The van der Waals surface area contributed by atoms with Crippen LogP contribution in [-0.2, 0) is 14.6 Å². The summed E-state index contributed by atoms with van der Waals surface area (Å²) < 4.78 is 22.1. The van der Waals surface area contributed by atoms with Crippen molar-refractivity contribution in [2.24, 2.45) is 5.92 Å². The fraction of sp³-hybridized carbons (Fsp3) is 0.909. The number of rotatable bonds is 4. The molecule has 0 aromatic carbocycles. The van der Waals surface area contributed by atoms with E-state index in [4.69, 9.17) is 0 Å². The predicted molar refractivity (Wildman–Crippen MR) is 67.5 cm³/mol. The molecule has 17 heavy (non-hydrogen) atoms. The summed E-state index contributed by atoms with van der Waals surface area (Å²) in [6.07, 6.45) is 3.33. The lowest BCUT2D eigenvalue weighted by Gasteiger charge is -2.32. The number of sulfone groups is 1. The Bertz CT molecular complexity index is 367. The SMILES string of the molecule is CC1CCCNC1C(=O)N(C)CCS(C)(=O)=O. The molecule has 1 aliphatic heterocycles. The van der Waals surface area contributed by atoms with Crippen molar-refractivity contribution < 1.29 is 13.2 Å². The molecule has 1 heterocycles. The minimum atomic E-state index is -3.01. The van der Waals surface area contributed by atoms with Gasteiger partial charge in [0.1, 0.15) is 9.84 Å². The summed E-state index contributed by atoms with van der Waals surface area (Å²) in [6.45, 7) is 3.18. The normalized spacial score (nSPS) is 25.6. The summed E-state index contributed by atoms with van der Waals surface area (Å²) in [5.74, 6) is 0.342. The molecular weight excluding hydrogens is 240 g/mol. The monoisotopic (exact) mass is 262 g/mol. The summed E-state index contributed by atoms with van der Waals surface area (Å²) in [7, 11) is -1.35. The van der Waals surface area contributed by atoms with Crippen molar-refractivity contribution in [3.8, 4) is 0 Å². The lowest BCUT2D eigenvalue weighted by Crippen LogP contribution is -2.51. The molecule has 6 heteroatoms. The first-order valence-corrected chi connectivity index (χ1v) is 8.03. The van der Waals surface area contributed by atoms with E-state index in [-0.39, 0.29) is 24.2 Å². The number of nitrogens with one attached hydrogen (secondary N) is 1. The predicted octanol–water partition coefficient (Wildman–Crippen LogP) is -0.122. The fourth-order valence-corrected chi connectivity index (χ4v) is 2.64. The maximum absolute atomic E-state index is 12.1. The van der Waals surface area contributed by atoms with Crippen molar-refractivity contribution in [3.63, 3.8) is 0 Å². The van der Waals surface area contributed by atoms with Gasteiger partial charge in [0, 0.05) is 19.8 Å². The Kier molecular flexibility index (Phi) is 4.94. The van der Waals surface area contributed by atoms with E-state index in [1.54, 1.807) is 7.05 Å². The molecule has 0 radical (unpaired) electrons. The van der Waals surface area contributed by atoms with Gasteiger partial charge in [0.25, 0.3) is 0 Å². The zero-order chi connectivity index (χ0) is 13.1. The largest absolute Gasteiger partial charge is 0.343 e. The van der Waals surface area contributed by atoms with Crippen molar-refractivity contribution in [3.05, 3.63) is 0 Å². The van der Waals surface area contributed by atoms with Gasteiger partial charge in [-0.25, -0.2) is 8.42 Å². The molecule has 2 unspecified atom stereocenters. The van der Waals surface area contributed by atoms with Crippen LogP contribution in [0.3, 0.4) is 0 Å². The number of piperidine rings is 1. The van der Waals surface area contributed by atoms with Crippen LogP contribution in [0.1, 0.15) is 19.8 Å². The highest BCUT2D eigenvalue weighted by Gasteiger charge is 2.29. The Labute approximate surface area is 103 Å². The smallest absolute Gasteiger partial charge is 0.239 e. The highest BCUT2D eigenvalue weighted by atomic mass is 32.2. The van der Waals surface area contributed by atoms with Gasteiger partial charge in [0.05, 0.1) is 11.8 Å². The third-order valence-corrected chi connectivity index (χ3v) is 4.13. The highest BCUT2D eigenvalue weighted by molar-refractivity contribution is 7.90. The molecule has 0 saturated carbocycles. The minimum Gasteiger partial charge on any atom is -0.343 e. The molecule has 100 valence electrons. The first kappa shape index (κ1) is 14.4. The molecule has 1 fully saturated rings. The van der Waals surface area contributed by atoms with Gasteiger partial charge in [-0.3, -0.25) is 4.79 Å². The molecule has 0 spiro atoms. The van der Waals surface area contributed by atoms with Crippen LogP contribution < -0.4 is 5.32 Å². The Hall–Kier alpha value is -0.620. The Balaban J connectivity index is 2.50. The van der Waals surface area contributed by atoms with E-state index in [1.807, 2.05) is 0 Å². The van der Waals surface area contributed by atoms with Crippen LogP contribution in [0.2, 0.25) is 0 Å². The molecule has 2 atom stereocenters. The molecule has 1 rings (SSSR count).